The first-order chi connectivity index (χ1) is 10.1. The summed E-state index contributed by atoms with van der Waals surface area (Å²) in [5.74, 6) is 0.474. The number of nitrogens with one attached hydrogen (secondary N) is 2. The number of aromatic nitrogens is 2. The highest BCUT2D eigenvalue weighted by atomic mass is 19.1. The molecule has 1 amide bonds. The highest BCUT2D eigenvalue weighted by molar-refractivity contribution is 5.94. The lowest BCUT2D eigenvalue weighted by Gasteiger charge is -2.24. The summed E-state index contributed by atoms with van der Waals surface area (Å²) in [6.07, 6.45) is 2.53. The first kappa shape index (κ1) is 12.6. The first-order valence-corrected chi connectivity index (χ1v) is 7.28. The van der Waals surface area contributed by atoms with Crippen LogP contribution in [-0.4, -0.2) is 16.1 Å². The van der Waals surface area contributed by atoms with Gasteiger partial charge in [-0.3, -0.25) is 9.89 Å². The minimum absolute atomic E-state index is 0.109. The van der Waals surface area contributed by atoms with Crippen LogP contribution in [0.1, 0.15) is 53.5 Å². The second kappa shape index (κ2) is 4.41. The normalized spacial score (nSPS) is 21.0. The number of benzene rings is 1. The minimum Gasteiger partial charge on any atom is -0.309 e. The van der Waals surface area contributed by atoms with E-state index in [1.165, 1.54) is 0 Å². The molecule has 2 heterocycles. The van der Waals surface area contributed by atoms with Gasteiger partial charge in [0.2, 0.25) is 5.91 Å². The number of amides is 1. The molecule has 0 bridgehead atoms. The molecule has 1 aliphatic heterocycles. The monoisotopic (exact) mass is 285 g/mol. The van der Waals surface area contributed by atoms with Crippen molar-refractivity contribution in [2.24, 2.45) is 0 Å². The molecular formula is C16H16FN3O. The summed E-state index contributed by atoms with van der Waals surface area (Å²) in [4.78, 5) is 11.9. The smallest absolute Gasteiger partial charge is 0.226 e. The zero-order chi connectivity index (χ0) is 14.6. The molecule has 0 radical (unpaired) electrons. The molecule has 108 valence electrons. The molecule has 2 aromatic rings. The third-order valence-electron chi connectivity index (χ3n) is 4.41. The molecule has 0 spiro atoms. The molecule has 5 heteroatoms. The van der Waals surface area contributed by atoms with E-state index in [2.05, 4.69) is 15.5 Å². The van der Waals surface area contributed by atoms with Crippen molar-refractivity contribution in [1.82, 2.24) is 10.2 Å². The van der Waals surface area contributed by atoms with Gasteiger partial charge in [0, 0.05) is 29.5 Å². The van der Waals surface area contributed by atoms with Gasteiger partial charge in [0.15, 0.2) is 5.82 Å². The highest BCUT2D eigenvalue weighted by Crippen LogP contribution is 2.48. The molecule has 1 fully saturated rings. The van der Waals surface area contributed by atoms with Gasteiger partial charge in [0.25, 0.3) is 0 Å². The molecule has 21 heavy (non-hydrogen) atoms. The molecule has 1 saturated carbocycles. The molecule has 1 unspecified atom stereocenters. The highest BCUT2D eigenvalue weighted by Gasteiger charge is 2.38. The van der Waals surface area contributed by atoms with Gasteiger partial charge in [-0.05, 0) is 30.9 Å². The summed E-state index contributed by atoms with van der Waals surface area (Å²) in [5, 5.41) is 10.1. The third-order valence-corrected chi connectivity index (χ3v) is 4.41. The van der Waals surface area contributed by atoms with E-state index >= 15 is 0 Å². The zero-order valence-corrected chi connectivity index (χ0v) is 11.7. The molecule has 4 nitrogen and oxygen atoms in total. The molecule has 1 atom stereocenters. The predicted molar refractivity (Wildman–Crippen MR) is 76.8 cm³/mol. The fraction of sp³-hybridized carbons (Fsp3) is 0.375. The minimum atomic E-state index is -0.247. The van der Waals surface area contributed by atoms with Gasteiger partial charge in [-0.1, -0.05) is 18.2 Å². The van der Waals surface area contributed by atoms with Gasteiger partial charge in [0.1, 0.15) is 5.82 Å². The van der Waals surface area contributed by atoms with Crippen molar-refractivity contribution >= 4 is 11.7 Å². The van der Waals surface area contributed by atoms with Crippen LogP contribution in [-0.2, 0) is 4.79 Å². The van der Waals surface area contributed by atoms with Gasteiger partial charge in [-0.2, -0.15) is 5.10 Å². The van der Waals surface area contributed by atoms with Crippen molar-refractivity contribution in [3.8, 4) is 0 Å². The number of nitrogens with zero attached hydrogens (tertiary/aromatic N) is 1. The lowest BCUT2D eigenvalue weighted by atomic mass is 9.84. The van der Waals surface area contributed by atoms with Crippen LogP contribution < -0.4 is 5.32 Å². The molecule has 1 aromatic carbocycles. The number of halogens is 1. The van der Waals surface area contributed by atoms with Crippen LogP contribution in [0.2, 0.25) is 0 Å². The number of H-pyrrole nitrogens is 1. The van der Waals surface area contributed by atoms with E-state index in [1.807, 2.05) is 6.07 Å². The molecule has 2 N–H and O–H groups in total. The summed E-state index contributed by atoms with van der Waals surface area (Å²) in [7, 11) is 0. The zero-order valence-electron chi connectivity index (χ0n) is 11.7. The van der Waals surface area contributed by atoms with Crippen molar-refractivity contribution in [3.05, 3.63) is 46.4 Å². The maximum absolute atomic E-state index is 14.5. The fourth-order valence-electron chi connectivity index (χ4n) is 3.17. The molecule has 0 saturated heterocycles. The van der Waals surface area contributed by atoms with Gasteiger partial charge in [-0.25, -0.2) is 4.39 Å². The maximum Gasteiger partial charge on any atom is 0.226 e. The standard InChI is InChI=1S/C16H16FN3O/c1-8-3-2-4-10(14(8)17)11-7-12(21)18-16-13(11)15(19-20-16)9-5-6-9/h2-4,9,11H,5-7H2,1H3,(H2,18,19,20,21). The second-order valence-corrected chi connectivity index (χ2v) is 5.96. The lowest BCUT2D eigenvalue weighted by Crippen LogP contribution is -2.24. The quantitative estimate of drug-likeness (QED) is 0.890. The first-order valence-electron chi connectivity index (χ1n) is 7.28. The second-order valence-electron chi connectivity index (χ2n) is 5.96. The SMILES string of the molecule is Cc1cccc(C2CC(=O)Nc3n[nH]c(C4CC4)c32)c1F. The number of aryl methyl sites for hydroxylation is 1. The Morgan fingerprint density at radius 2 is 2.14 bits per heavy atom. The summed E-state index contributed by atoms with van der Waals surface area (Å²) in [5.41, 5.74) is 3.24. The molecule has 4 rings (SSSR count). The predicted octanol–water partition coefficient (Wildman–Crippen LogP) is 3.21. The van der Waals surface area contributed by atoms with Crippen LogP contribution in [0.15, 0.2) is 18.2 Å². The van der Waals surface area contributed by atoms with Crippen LogP contribution in [0.5, 0.6) is 0 Å². The third kappa shape index (κ3) is 1.95. The number of hydrogen-bond donors (Lipinski definition) is 2. The van der Waals surface area contributed by atoms with E-state index in [9.17, 15) is 9.18 Å². The summed E-state index contributed by atoms with van der Waals surface area (Å²) in [6.45, 7) is 1.75. The van der Waals surface area contributed by atoms with Crippen LogP contribution >= 0.6 is 0 Å². The number of hydrogen-bond acceptors (Lipinski definition) is 2. The van der Waals surface area contributed by atoms with Crippen LogP contribution in [0, 0.1) is 12.7 Å². The fourth-order valence-corrected chi connectivity index (χ4v) is 3.17. The Hall–Kier alpha value is -2.17. The Labute approximate surface area is 121 Å². The van der Waals surface area contributed by atoms with Gasteiger partial charge in [0.05, 0.1) is 0 Å². The largest absolute Gasteiger partial charge is 0.309 e. The van der Waals surface area contributed by atoms with Crippen molar-refractivity contribution in [1.29, 1.82) is 0 Å². The summed E-state index contributed by atoms with van der Waals surface area (Å²) in [6, 6.07) is 5.37. The van der Waals surface area contributed by atoms with Crippen molar-refractivity contribution in [2.45, 2.75) is 38.0 Å². The maximum atomic E-state index is 14.5. The molecule has 2 aliphatic rings. The van der Waals surface area contributed by atoms with Crippen molar-refractivity contribution in [2.75, 3.05) is 5.32 Å². The number of fused-ring (bicyclic) bond motifs is 1. The lowest BCUT2D eigenvalue weighted by molar-refractivity contribution is -0.116. The number of aromatic amines is 1. The van der Waals surface area contributed by atoms with Crippen LogP contribution in [0.25, 0.3) is 0 Å². The average Bonchev–Trinajstić information content (AvgIpc) is 3.21. The van der Waals surface area contributed by atoms with Crippen LogP contribution in [0.3, 0.4) is 0 Å². The number of rotatable bonds is 2. The number of anilines is 1. The topological polar surface area (TPSA) is 57.8 Å². The van der Waals surface area contributed by atoms with E-state index in [1.54, 1.807) is 19.1 Å². The Morgan fingerprint density at radius 3 is 2.90 bits per heavy atom. The van der Waals surface area contributed by atoms with Gasteiger partial charge < -0.3 is 5.32 Å². The van der Waals surface area contributed by atoms with E-state index in [4.69, 9.17) is 0 Å². The van der Waals surface area contributed by atoms with Gasteiger partial charge in [-0.15, -0.1) is 0 Å². The molecule has 1 aliphatic carbocycles. The Morgan fingerprint density at radius 1 is 1.33 bits per heavy atom. The van der Waals surface area contributed by atoms with E-state index < -0.39 is 0 Å². The molecular weight excluding hydrogens is 269 g/mol. The number of carbonyl (C=O) groups excluding carboxylic acids is 1. The van der Waals surface area contributed by atoms with E-state index in [0.717, 1.165) is 24.1 Å². The van der Waals surface area contributed by atoms with E-state index in [-0.39, 0.29) is 24.1 Å². The summed E-state index contributed by atoms with van der Waals surface area (Å²) < 4.78 is 14.5. The van der Waals surface area contributed by atoms with Gasteiger partial charge >= 0.3 is 0 Å². The number of carbonyl (C=O) groups is 1. The van der Waals surface area contributed by atoms with Crippen molar-refractivity contribution < 1.29 is 9.18 Å². The van der Waals surface area contributed by atoms with Crippen molar-refractivity contribution in [3.63, 3.8) is 0 Å². The Bertz CT molecular complexity index is 733. The molecule has 1 aromatic heterocycles. The van der Waals surface area contributed by atoms with Crippen LogP contribution in [0.4, 0.5) is 10.2 Å². The Kier molecular flexibility index (Phi) is 2.64. The Balaban J connectivity index is 1.88. The van der Waals surface area contributed by atoms with E-state index in [0.29, 0.717) is 22.9 Å². The summed E-state index contributed by atoms with van der Waals surface area (Å²) >= 11 is 0. The average molecular weight is 285 g/mol.